The van der Waals surface area contributed by atoms with Gasteiger partial charge in [-0.25, -0.2) is 4.98 Å². The van der Waals surface area contributed by atoms with Gasteiger partial charge in [-0.1, -0.05) is 12.1 Å². The molecule has 2 rings (SSSR count). The van der Waals surface area contributed by atoms with Gasteiger partial charge in [-0.2, -0.15) is 12.6 Å². The maximum Gasteiger partial charge on any atom is 0.123 e. The van der Waals surface area contributed by atoms with Crippen molar-refractivity contribution in [1.29, 1.82) is 0 Å². The Morgan fingerprint density at radius 2 is 2.07 bits per heavy atom. The highest BCUT2D eigenvalue weighted by molar-refractivity contribution is 7.80. The van der Waals surface area contributed by atoms with E-state index in [1.54, 1.807) is 19.5 Å². The summed E-state index contributed by atoms with van der Waals surface area (Å²) in [6.07, 6.45) is 3.52. The van der Waals surface area contributed by atoms with Crippen molar-refractivity contribution in [3.05, 3.63) is 48.0 Å². The Labute approximate surface area is 93.9 Å². The molecule has 3 nitrogen and oxygen atoms in total. The minimum atomic E-state index is -0.0223. The van der Waals surface area contributed by atoms with Crippen LogP contribution in [-0.4, -0.2) is 17.1 Å². The monoisotopic (exact) mass is 220 g/mol. The number of imidazole rings is 1. The molecule has 78 valence electrons. The molecule has 1 aromatic carbocycles. The molecule has 0 aliphatic carbocycles. The van der Waals surface area contributed by atoms with Crippen molar-refractivity contribution in [1.82, 2.24) is 9.97 Å². The third-order valence-corrected chi connectivity index (χ3v) is 2.75. The molecule has 0 aliphatic heterocycles. The topological polar surface area (TPSA) is 37.9 Å². The van der Waals surface area contributed by atoms with Crippen LogP contribution >= 0.6 is 12.6 Å². The first-order valence-electron chi connectivity index (χ1n) is 4.62. The van der Waals surface area contributed by atoms with Crippen LogP contribution in [0.2, 0.25) is 0 Å². The SMILES string of the molecule is COc1ccc(C(S)c2ncc[nH]2)cc1. The second-order valence-electron chi connectivity index (χ2n) is 3.15. The molecule has 0 spiro atoms. The Balaban J connectivity index is 2.22. The van der Waals surface area contributed by atoms with Crippen LogP contribution in [0.5, 0.6) is 5.75 Å². The predicted octanol–water partition coefficient (Wildman–Crippen LogP) is 2.44. The lowest BCUT2D eigenvalue weighted by Gasteiger charge is -2.08. The Morgan fingerprint density at radius 3 is 2.60 bits per heavy atom. The third kappa shape index (κ3) is 2.15. The summed E-state index contributed by atoms with van der Waals surface area (Å²) in [6.45, 7) is 0. The summed E-state index contributed by atoms with van der Waals surface area (Å²) in [5.41, 5.74) is 1.09. The summed E-state index contributed by atoms with van der Waals surface area (Å²) in [5.74, 6) is 1.70. The van der Waals surface area contributed by atoms with Crippen LogP contribution in [0, 0.1) is 0 Å². The molecule has 0 bridgehead atoms. The molecule has 0 saturated carbocycles. The molecule has 4 heteroatoms. The number of ether oxygens (including phenoxy) is 1. The van der Waals surface area contributed by atoms with Crippen molar-refractivity contribution < 1.29 is 4.74 Å². The Bertz CT molecular complexity index is 411. The Morgan fingerprint density at radius 1 is 1.33 bits per heavy atom. The number of thiol groups is 1. The fraction of sp³-hybridized carbons (Fsp3) is 0.182. The van der Waals surface area contributed by atoms with E-state index in [9.17, 15) is 0 Å². The maximum atomic E-state index is 5.09. The van der Waals surface area contributed by atoms with Crippen LogP contribution in [-0.2, 0) is 0 Å². The summed E-state index contributed by atoms with van der Waals surface area (Å²) < 4.78 is 5.09. The highest BCUT2D eigenvalue weighted by Crippen LogP contribution is 2.26. The quantitative estimate of drug-likeness (QED) is 0.780. The number of aromatic nitrogens is 2. The summed E-state index contributed by atoms with van der Waals surface area (Å²) in [7, 11) is 1.65. The van der Waals surface area contributed by atoms with Crippen molar-refractivity contribution in [2.75, 3.05) is 7.11 Å². The summed E-state index contributed by atoms with van der Waals surface area (Å²) in [4.78, 5) is 7.22. The molecule has 1 heterocycles. The van der Waals surface area contributed by atoms with Crippen molar-refractivity contribution in [3.8, 4) is 5.75 Å². The number of nitrogens with zero attached hydrogens (tertiary/aromatic N) is 1. The normalized spacial score (nSPS) is 12.4. The van der Waals surface area contributed by atoms with Gasteiger partial charge in [0.25, 0.3) is 0 Å². The van der Waals surface area contributed by atoms with Crippen LogP contribution in [0.3, 0.4) is 0 Å². The van der Waals surface area contributed by atoms with Gasteiger partial charge < -0.3 is 9.72 Å². The standard InChI is InChI=1S/C11H12N2OS/c1-14-9-4-2-8(3-5-9)10(15)11-12-6-7-13-11/h2-7,10,15H,1H3,(H,12,13). The average Bonchev–Trinajstić information content (AvgIpc) is 2.82. The van der Waals surface area contributed by atoms with E-state index in [0.717, 1.165) is 17.1 Å². The number of aromatic amines is 1. The van der Waals surface area contributed by atoms with E-state index in [2.05, 4.69) is 22.6 Å². The van der Waals surface area contributed by atoms with Gasteiger partial charge in [-0.05, 0) is 17.7 Å². The van der Waals surface area contributed by atoms with Crippen LogP contribution < -0.4 is 4.74 Å². The third-order valence-electron chi connectivity index (χ3n) is 2.21. The molecule has 1 unspecified atom stereocenters. The van der Waals surface area contributed by atoms with Crippen LogP contribution in [0.1, 0.15) is 16.6 Å². The molecule has 0 fully saturated rings. The molecular weight excluding hydrogens is 208 g/mol. The van der Waals surface area contributed by atoms with Crippen LogP contribution in [0.4, 0.5) is 0 Å². The highest BCUT2D eigenvalue weighted by atomic mass is 32.1. The number of nitrogens with one attached hydrogen (secondary N) is 1. The smallest absolute Gasteiger partial charge is 0.123 e. The van der Waals surface area contributed by atoms with Gasteiger partial charge in [0, 0.05) is 12.4 Å². The molecular formula is C11H12N2OS. The van der Waals surface area contributed by atoms with Gasteiger partial charge in [0.05, 0.1) is 12.4 Å². The zero-order valence-electron chi connectivity index (χ0n) is 8.34. The average molecular weight is 220 g/mol. The Kier molecular flexibility index (Phi) is 2.97. The summed E-state index contributed by atoms with van der Waals surface area (Å²) in [5, 5.41) is -0.0223. The fourth-order valence-corrected chi connectivity index (χ4v) is 1.68. The first-order chi connectivity index (χ1) is 7.31. The van der Waals surface area contributed by atoms with E-state index in [1.807, 2.05) is 24.3 Å². The van der Waals surface area contributed by atoms with Crippen molar-refractivity contribution >= 4 is 12.6 Å². The van der Waals surface area contributed by atoms with Gasteiger partial charge in [0.15, 0.2) is 0 Å². The molecule has 2 aromatic rings. The van der Waals surface area contributed by atoms with Crippen LogP contribution in [0.15, 0.2) is 36.7 Å². The lowest BCUT2D eigenvalue weighted by atomic mass is 10.1. The number of H-pyrrole nitrogens is 1. The molecule has 0 amide bonds. The van der Waals surface area contributed by atoms with Crippen molar-refractivity contribution in [3.63, 3.8) is 0 Å². The lowest BCUT2D eigenvalue weighted by Crippen LogP contribution is -1.95. The lowest BCUT2D eigenvalue weighted by molar-refractivity contribution is 0.414. The van der Waals surface area contributed by atoms with E-state index in [4.69, 9.17) is 4.74 Å². The molecule has 0 aliphatic rings. The minimum absolute atomic E-state index is 0.0223. The molecule has 0 saturated heterocycles. The van der Waals surface area contributed by atoms with E-state index < -0.39 is 0 Å². The number of hydrogen-bond acceptors (Lipinski definition) is 3. The fourth-order valence-electron chi connectivity index (χ4n) is 1.37. The van der Waals surface area contributed by atoms with Gasteiger partial charge >= 0.3 is 0 Å². The molecule has 15 heavy (non-hydrogen) atoms. The second kappa shape index (κ2) is 4.40. The van der Waals surface area contributed by atoms with Gasteiger partial charge in [0.2, 0.25) is 0 Å². The zero-order chi connectivity index (χ0) is 10.7. The largest absolute Gasteiger partial charge is 0.497 e. The van der Waals surface area contributed by atoms with Gasteiger partial charge in [-0.15, -0.1) is 0 Å². The number of methoxy groups -OCH3 is 1. The van der Waals surface area contributed by atoms with E-state index in [-0.39, 0.29) is 5.25 Å². The first-order valence-corrected chi connectivity index (χ1v) is 5.14. The van der Waals surface area contributed by atoms with Crippen LogP contribution in [0.25, 0.3) is 0 Å². The number of hydrogen-bond donors (Lipinski definition) is 2. The molecule has 0 radical (unpaired) electrons. The number of rotatable bonds is 3. The second-order valence-corrected chi connectivity index (χ2v) is 3.67. The Hall–Kier alpha value is -1.42. The summed E-state index contributed by atoms with van der Waals surface area (Å²) >= 11 is 4.50. The van der Waals surface area contributed by atoms with E-state index in [1.165, 1.54) is 0 Å². The van der Waals surface area contributed by atoms with E-state index >= 15 is 0 Å². The van der Waals surface area contributed by atoms with Gasteiger partial charge in [-0.3, -0.25) is 0 Å². The predicted molar refractivity (Wildman–Crippen MR) is 62.4 cm³/mol. The highest BCUT2D eigenvalue weighted by Gasteiger charge is 2.10. The minimum Gasteiger partial charge on any atom is -0.497 e. The van der Waals surface area contributed by atoms with E-state index in [0.29, 0.717) is 0 Å². The molecule has 1 aromatic heterocycles. The number of benzene rings is 1. The van der Waals surface area contributed by atoms with Crippen molar-refractivity contribution in [2.45, 2.75) is 5.25 Å². The maximum absolute atomic E-state index is 5.09. The van der Waals surface area contributed by atoms with Crippen molar-refractivity contribution in [2.24, 2.45) is 0 Å². The first kappa shape index (κ1) is 10.1. The molecule has 1 N–H and O–H groups in total. The molecule has 1 atom stereocenters. The van der Waals surface area contributed by atoms with Gasteiger partial charge in [0.1, 0.15) is 11.6 Å². The zero-order valence-corrected chi connectivity index (χ0v) is 9.24. The summed E-state index contributed by atoms with van der Waals surface area (Å²) in [6, 6.07) is 7.81.